The van der Waals surface area contributed by atoms with Gasteiger partial charge in [0, 0.05) is 55.6 Å². The fraction of sp³-hybridized carbons (Fsp3) is 0.393. The number of benzene rings is 2. The van der Waals surface area contributed by atoms with Gasteiger partial charge in [-0.2, -0.15) is 4.98 Å². The summed E-state index contributed by atoms with van der Waals surface area (Å²) in [5.41, 5.74) is -0.242. The van der Waals surface area contributed by atoms with E-state index in [9.17, 15) is 14.3 Å². The van der Waals surface area contributed by atoms with Gasteiger partial charge in [-0.25, -0.2) is 13.8 Å². The smallest absolute Gasteiger partial charge is 0.246 e. The van der Waals surface area contributed by atoms with Gasteiger partial charge in [-0.1, -0.05) is 37.1 Å². The number of halogens is 3. The van der Waals surface area contributed by atoms with E-state index in [4.69, 9.17) is 16.6 Å². The van der Waals surface area contributed by atoms with E-state index in [-0.39, 0.29) is 33.0 Å². The lowest BCUT2D eigenvalue weighted by Gasteiger charge is -2.48. The van der Waals surface area contributed by atoms with Crippen LogP contribution in [0.15, 0.2) is 36.9 Å². The van der Waals surface area contributed by atoms with Crippen LogP contribution in [0.1, 0.15) is 25.7 Å². The monoisotopic (exact) mass is 539 g/mol. The number of phenolic OH excluding ortho intramolecular Hbond substituents is 1. The van der Waals surface area contributed by atoms with Crippen LogP contribution in [0.2, 0.25) is 5.02 Å². The van der Waals surface area contributed by atoms with Crippen LogP contribution >= 0.6 is 11.6 Å². The molecule has 3 aliphatic rings. The predicted molar refractivity (Wildman–Crippen MR) is 144 cm³/mol. The first kappa shape index (κ1) is 24.9. The van der Waals surface area contributed by atoms with Crippen molar-refractivity contribution < 1.29 is 18.7 Å². The Bertz CT molecular complexity index is 1420. The molecule has 1 spiro atoms. The van der Waals surface area contributed by atoms with Gasteiger partial charge in [0.1, 0.15) is 22.9 Å². The molecule has 1 aromatic heterocycles. The predicted octanol–water partition coefficient (Wildman–Crippen LogP) is 5.15. The van der Waals surface area contributed by atoms with Crippen molar-refractivity contribution in [2.45, 2.75) is 25.7 Å². The summed E-state index contributed by atoms with van der Waals surface area (Å²) in [5, 5.41) is 10.7. The lowest BCUT2D eigenvalue weighted by atomic mass is 9.78. The summed E-state index contributed by atoms with van der Waals surface area (Å²) >= 11 is 6.54. The van der Waals surface area contributed by atoms with E-state index in [1.165, 1.54) is 50.0 Å². The van der Waals surface area contributed by atoms with Crippen molar-refractivity contribution in [2.75, 3.05) is 49.1 Å². The largest absolute Gasteiger partial charge is 0.507 e. The molecule has 0 bridgehead atoms. The second kappa shape index (κ2) is 9.38. The molecule has 2 aliphatic heterocycles. The molecular formula is C28H28ClF2N5O2. The third kappa shape index (κ3) is 4.04. The highest BCUT2D eigenvalue weighted by Gasteiger charge is 2.46. The molecule has 3 fully saturated rings. The molecule has 0 unspecified atom stereocenters. The van der Waals surface area contributed by atoms with Crippen molar-refractivity contribution in [1.82, 2.24) is 14.9 Å². The maximum Gasteiger partial charge on any atom is 0.246 e. The molecule has 3 aromatic rings. The molecule has 0 radical (unpaired) electrons. The van der Waals surface area contributed by atoms with E-state index in [2.05, 4.69) is 16.5 Å². The molecule has 3 heterocycles. The highest BCUT2D eigenvalue weighted by Crippen LogP contribution is 2.48. The summed E-state index contributed by atoms with van der Waals surface area (Å²) in [7, 11) is 0. The molecule has 2 saturated heterocycles. The zero-order valence-electron chi connectivity index (χ0n) is 20.9. The van der Waals surface area contributed by atoms with E-state index in [0.717, 1.165) is 19.2 Å². The molecule has 1 amide bonds. The van der Waals surface area contributed by atoms with E-state index < -0.39 is 17.4 Å². The third-order valence-electron chi connectivity index (χ3n) is 8.16. The highest BCUT2D eigenvalue weighted by atomic mass is 35.5. The standard InChI is InChI=1S/C28H28ClF2N5O2/c1-2-21(38)34-10-12-35(13-11-34)26-17-14-18(29)22(23-19(30)6-5-7-20(23)37)24(31)25(17)32-27(33-26)36-15-28(16-36)8-3-4-9-28/h2,5-7,14,37H,1,3-4,8-13,15-16H2. The molecule has 1 saturated carbocycles. The number of hydrogen-bond acceptors (Lipinski definition) is 6. The number of aromatic nitrogens is 2. The summed E-state index contributed by atoms with van der Waals surface area (Å²) in [6, 6.07) is 5.33. The van der Waals surface area contributed by atoms with Crippen LogP contribution in [0.4, 0.5) is 20.5 Å². The number of carbonyl (C=O) groups excluding carboxylic acids is 1. The van der Waals surface area contributed by atoms with Gasteiger partial charge in [0.05, 0.1) is 10.6 Å². The number of fused-ring (bicyclic) bond motifs is 1. The molecule has 6 rings (SSSR count). The van der Waals surface area contributed by atoms with Gasteiger partial charge in [-0.05, 0) is 37.1 Å². The number of rotatable bonds is 4. The van der Waals surface area contributed by atoms with Crippen molar-refractivity contribution in [1.29, 1.82) is 0 Å². The number of phenols is 1. The minimum Gasteiger partial charge on any atom is -0.507 e. The maximum atomic E-state index is 16.2. The molecule has 1 N–H and O–H groups in total. The molecular weight excluding hydrogens is 512 g/mol. The Labute approximate surface area is 224 Å². The van der Waals surface area contributed by atoms with Crippen LogP contribution in [-0.4, -0.2) is 65.2 Å². The summed E-state index contributed by atoms with van der Waals surface area (Å²) in [5.74, 6) is -1.20. The van der Waals surface area contributed by atoms with Gasteiger partial charge in [0.25, 0.3) is 0 Å². The SMILES string of the molecule is C=CC(=O)N1CCN(c2nc(N3CC4(CCCC4)C3)nc3c(F)c(-c4c(O)cccc4F)c(Cl)cc23)CC1. The van der Waals surface area contributed by atoms with Gasteiger partial charge < -0.3 is 19.8 Å². The molecule has 38 heavy (non-hydrogen) atoms. The lowest BCUT2D eigenvalue weighted by Crippen LogP contribution is -2.55. The van der Waals surface area contributed by atoms with Crippen molar-refractivity contribution >= 4 is 40.2 Å². The van der Waals surface area contributed by atoms with Crippen LogP contribution in [0.25, 0.3) is 22.0 Å². The van der Waals surface area contributed by atoms with Gasteiger partial charge >= 0.3 is 0 Å². The average molecular weight is 540 g/mol. The van der Waals surface area contributed by atoms with E-state index >= 15 is 4.39 Å². The minimum absolute atomic E-state index is 0.0176. The maximum absolute atomic E-state index is 16.2. The van der Waals surface area contributed by atoms with Crippen LogP contribution < -0.4 is 9.80 Å². The van der Waals surface area contributed by atoms with Crippen molar-refractivity contribution in [3.63, 3.8) is 0 Å². The number of hydrogen-bond donors (Lipinski definition) is 1. The number of nitrogens with zero attached hydrogens (tertiary/aromatic N) is 5. The van der Waals surface area contributed by atoms with Crippen molar-refractivity contribution in [3.8, 4) is 16.9 Å². The minimum atomic E-state index is -0.811. The highest BCUT2D eigenvalue weighted by molar-refractivity contribution is 6.34. The van der Waals surface area contributed by atoms with Gasteiger partial charge in [-0.3, -0.25) is 4.79 Å². The quantitative estimate of drug-likeness (QED) is 0.462. The van der Waals surface area contributed by atoms with Gasteiger partial charge in [-0.15, -0.1) is 0 Å². The lowest BCUT2D eigenvalue weighted by molar-refractivity contribution is -0.126. The fourth-order valence-corrected chi connectivity index (χ4v) is 6.44. The van der Waals surface area contributed by atoms with E-state index in [0.29, 0.717) is 43.3 Å². The summed E-state index contributed by atoms with van der Waals surface area (Å²) < 4.78 is 31.0. The summed E-state index contributed by atoms with van der Waals surface area (Å²) in [4.78, 5) is 27.4. The van der Waals surface area contributed by atoms with Crippen LogP contribution in [0.5, 0.6) is 5.75 Å². The first-order chi connectivity index (χ1) is 18.3. The Morgan fingerprint density at radius 1 is 1.05 bits per heavy atom. The first-order valence-corrected chi connectivity index (χ1v) is 13.3. The van der Waals surface area contributed by atoms with Crippen LogP contribution in [-0.2, 0) is 4.79 Å². The topological polar surface area (TPSA) is 72.8 Å². The normalized spacial score (nSPS) is 18.8. The number of carbonyl (C=O) groups is 1. The Balaban J connectivity index is 1.47. The number of piperazine rings is 1. The zero-order valence-corrected chi connectivity index (χ0v) is 21.6. The zero-order chi connectivity index (χ0) is 26.6. The average Bonchev–Trinajstić information content (AvgIpc) is 3.39. The number of amides is 1. The van der Waals surface area contributed by atoms with E-state index in [1.54, 1.807) is 4.90 Å². The second-order valence-corrected chi connectivity index (χ2v) is 10.9. The Morgan fingerprint density at radius 3 is 2.42 bits per heavy atom. The first-order valence-electron chi connectivity index (χ1n) is 12.9. The fourth-order valence-electron chi connectivity index (χ4n) is 6.15. The van der Waals surface area contributed by atoms with Crippen LogP contribution in [0, 0.1) is 17.0 Å². The van der Waals surface area contributed by atoms with Crippen molar-refractivity contribution in [2.24, 2.45) is 5.41 Å². The van der Waals surface area contributed by atoms with Crippen LogP contribution in [0.3, 0.4) is 0 Å². The second-order valence-electron chi connectivity index (χ2n) is 10.5. The molecule has 198 valence electrons. The van der Waals surface area contributed by atoms with Crippen molar-refractivity contribution in [3.05, 3.63) is 53.6 Å². The molecule has 0 atom stereocenters. The summed E-state index contributed by atoms with van der Waals surface area (Å²) in [6.07, 6.45) is 6.07. The molecule has 7 nitrogen and oxygen atoms in total. The Morgan fingerprint density at radius 2 is 1.76 bits per heavy atom. The van der Waals surface area contributed by atoms with Gasteiger partial charge in [0.15, 0.2) is 5.82 Å². The number of anilines is 2. The third-order valence-corrected chi connectivity index (χ3v) is 8.46. The Kier molecular flexibility index (Phi) is 6.13. The molecule has 1 aliphatic carbocycles. The Hall–Kier alpha value is -3.46. The summed E-state index contributed by atoms with van der Waals surface area (Å²) in [6.45, 7) is 7.11. The van der Waals surface area contributed by atoms with E-state index in [1.807, 2.05) is 4.90 Å². The number of aromatic hydroxyl groups is 1. The van der Waals surface area contributed by atoms with Gasteiger partial charge in [0.2, 0.25) is 11.9 Å². The molecule has 2 aromatic carbocycles. The molecule has 10 heteroatoms.